The van der Waals surface area contributed by atoms with Crippen molar-refractivity contribution >= 4 is 40.7 Å². The van der Waals surface area contributed by atoms with E-state index in [0.29, 0.717) is 21.4 Å². The fourth-order valence-electron chi connectivity index (χ4n) is 2.17. The zero-order valence-electron chi connectivity index (χ0n) is 13.3. The highest BCUT2D eigenvalue weighted by Crippen LogP contribution is 2.30. The van der Waals surface area contributed by atoms with Crippen LogP contribution in [0.25, 0.3) is 0 Å². The van der Waals surface area contributed by atoms with Gasteiger partial charge in [-0.05, 0) is 36.4 Å². The van der Waals surface area contributed by atoms with Crippen LogP contribution in [0.4, 0.5) is 5.69 Å². The van der Waals surface area contributed by atoms with Crippen molar-refractivity contribution < 1.29 is 14.0 Å². The Morgan fingerprint density at radius 1 is 1.04 bits per heavy atom. The van der Waals surface area contributed by atoms with Crippen molar-refractivity contribution in [2.24, 2.45) is 0 Å². The lowest BCUT2D eigenvalue weighted by Gasteiger charge is -2.09. The van der Waals surface area contributed by atoms with Gasteiger partial charge in [0.25, 0.3) is 11.8 Å². The molecule has 2 heterocycles. The third-order valence-electron chi connectivity index (χ3n) is 3.46. The first-order chi connectivity index (χ1) is 12.5. The van der Waals surface area contributed by atoms with Crippen molar-refractivity contribution in [3.63, 3.8) is 0 Å². The van der Waals surface area contributed by atoms with Gasteiger partial charge in [-0.25, -0.2) is 0 Å². The standard InChI is InChI=1S/C18H13Cl2N3O3/c19-13-4-1-5-14(20)16(13)23-18(25)15-9-11(6-7-21-15)17(24)22-10-12-3-2-8-26-12/h1-9H,10H2,(H,22,24)(H,23,25). The number of carbonyl (C=O) groups is 2. The predicted molar refractivity (Wildman–Crippen MR) is 98.5 cm³/mol. The topological polar surface area (TPSA) is 84.2 Å². The first kappa shape index (κ1) is 18.0. The summed E-state index contributed by atoms with van der Waals surface area (Å²) in [5.74, 6) is -0.256. The number of aromatic nitrogens is 1. The number of pyridine rings is 1. The highest BCUT2D eigenvalue weighted by atomic mass is 35.5. The summed E-state index contributed by atoms with van der Waals surface area (Å²) in [6.45, 7) is 0.241. The number of nitrogens with zero attached hydrogens (tertiary/aromatic N) is 1. The second-order valence-corrected chi connectivity index (χ2v) is 6.06. The van der Waals surface area contributed by atoms with E-state index in [-0.39, 0.29) is 23.8 Å². The number of hydrogen-bond acceptors (Lipinski definition) is 4. The Morgan fingerprint density at radius 3 is 2.50 bits per heavy atom. The number of carbonyl (C=O) groups excluding carboxylic acids is 2. The van der Waals surface area contributed by atoms with Crippen molar-refractivity contribution in [2.75, 3.05) is 5.32 Å². The summed E-state index contributed by atoms with van der Waals surface area (Å²) >= 11 is 12.1. The van der Waals surface area contributed by atoms with Gasteiger partial charge >= 0.3 is 0 Å². The fourth-order valence-corrected chi connectivity index (χ4v) is 2.67. The molecule has 6 nitrogen and oxygen atoms in total. The lowest BCUT2D eigenvalue weighted by Crippen LogP contribution is -2.23. The zero-order chi connectivity index (χ0) is 18.5. The molecule has 0 bridgehead atoms. The molecular weight excluding hydrogens is 377 g/mol. The van der Waals surface area contributed by atoms with E-state index in [2.05, 4.69) is 15.6 Å². The summed E-state index contributed by atoms with van der Waals surface area (Å²) in [4.78, 5) is 28.6. The van der Waals surface area contributed by atoms with Crippen LogP contribution in [0.15, 0.2) is 59.3 Å². The summed E-state index contributed by atoms with van der Waals surface area (Å²) in [5, 5.41) is 5.91. The van der Waals surface area contributed by atoms with Crippen molar-refractivity contribution in [3.05, 3.63) is 82.0 Å². The van der Waals surface area contributed by atoms with E-state index in [1.165, 1.54) is 24.6 Å². The van der Waals surface area contributed by atoms with E-state index < -0.39 is 5.91 Å². The number of benzene rings is 1. The van der Waals surface area contributed by atoms with Gasteiger partial charge in [0.2, 0.25) is 0 Å². The molecule has 8 heteroatoms. The largest absolute Gasteiger partial charge is 0.467 e. The Hall–Kier alpha value is -2.83. The molecule has 0 unspecified atom stereocenters. The third kappa shape index (κ3) is 4.22. The van der Waals surface area contributed by atoms with Gasteiger partial charge in [-0.3, -0.25) is 14.6 Å². The Morgan fingerprint density at radius 2 is 1.81 bits per heavy atom. The predicted octanol–water partition coefficient (Wildman–Crippen LogP) is 4.16. The molecule has 0 atom stereocenters. The fraction of sp³-hybridized carbons (Fsp3) is 0.0556. The molecule has 1 aromatic carbocycles. The second-order valence-electron chi connectivity index (χ2n) is 5.24. The van der Waals surface area contributed by atoms with E-state index in [4.69, 9.17) is 27.6 Å². The molecule has 0 aliphatic carbocycles. The van der Waals surface area contributed by atoms with E-state index in [1.807, 2.05) is 0 Å². The maximum absolute atomic E-state index is 12.4. The van der Waals surface area contributed by atoms with Crippen LogP contribution in [0.2, 0.25) is 10.0 Å². The summed E-state index contributed by atoms with van der Waals surface area (Å²) in [6, 6.07) is 11.3. The van der Waals surface area contributed by atoms with Crippen LogP contribution in [-0.2, 0) is 6.54 Å². The van der Waals surface area contributed by atoms with Crippen LogP contribution in [0.3, 0.4) is 0 Å². The molecular formula is C18H13Cl2N3O3. The van der Waals surface area contributed by atoms with E-state index >= 15 is 0 Å². The van der Waals surface area contributed by atoms with Gasteiger partial charge in [0.05, 0.1) is 28.5 Å². The number of furan rings is 1. The van der Waals surface area contributed by atoms with Crippen LogP contribution < -0.4 is 10.6 Å². The highest BCUT2D eigenvalue weighted by Gasteiger charge is 2.15. The molecule has 3 rings (SSSR count). The smallest absolute Gasteiger partial charge is 0.274 e. The minimum absolute atomic E-state index is 0.0617. The zero-order valence-corrected chi connectivity index (χ0v) is 14.8. The Balaban J connectivity index is 1.72. The lowest BCUT2D eigenvalue weighted by molar-refractivity contribution is 0.0948. The van der Waals surface area contributed by atoms with Gasteiger partial charge in [0.15, 0.2) is 0 Å². The van der Waals surface area contributed by atoms with Crippen LogP contribution in [0.1, 0.15) is 26.6 Å². The number of amides is 2. The third-order valence-corrected chi connectivity index (χ3v) is 4.09. The molecule has 0 aliphatic heterocycles. The van der Waals surface area contributed by atoms with Gasteiger partial charge < -0.3 is 15.1 Å². The average Bonchev–Trinajstić information content (AvgIpc) is 3.16. The van der Waals surface area contributed by atoms with Gasteiger partial charge in [-0.15, -0.1) is 0 Å². The Labute approximate surface area is 159 Å². The Bertz CT molecular complexity index is 922. The normalized spacial score (nSPS) is 10.4. The molecule has 26 heavy (non-hydrogen) atoms. The molecule has 0 aliphatic rings. The van der Waals surface area contributed by atoms with E-state index in [0.717, 1.165) is 0 Å². The number of nitrogens with one attached hydrogen (secondary N) is 2. The molecule has 132 valence electrons. The number of hydrogen-bond donors (Lipinski definition) is 2. The summed E-state index contributed by atoms with van der Waals surface area (Å²) < 4.78 is 5.15. The monoisotopic (exact) mass is 389 g/mol. The van der Waals surface area contributed by atoms with Crippen LogP contribution >= 0.6 is 23.2 Å². The summed E-state index contributed by atoms with van der Waals surface area (Å²) in [6.07, 6.45) is 2.90. The van der Waals surface area contributed by atoms with E-state index in [9.17, 15) is 9.59 Å². The van der Waals surface area contributed by atoms with Crippen molar-refractivity contribution in [1.82, 2.24) is 10.3 Å². The van der Waals surface area contributed by atoms with Gasteiger partial charge in [0.1, 0.15) is 11.5 Å². The van der Waals surface area contributed by atoms with Crippen LogP contribution in [0.5, 0.6) is 0 Å². The molecule has 2 N–H and O–H groups in total. The maximum Gasteiger partial charge on any atom is 0.274 e. The molecule has 2 aromatic heterocycles. The first-order valence-electron chi connectivity index (χ1n) is 7.56. The SMILES string of the molecule is O=C(NCc1ccco1)c1ccnc(C(=O)Nc2c(Cl)cccc2Cl)c1. The maximum atomic E-state index is 12.4. The van der Waals surface area contributed by atoms with Crippen molar-refractivity contribution in [2.45, 2.75) is 6.54 Å². The second kappa shape index (κ2) is 8.03. The molecule has 0 spiro atoms. The molecule has 0 saturated heterocycles. The van der Waals surface area contributed by atoms with Crippen molar-refractivity contribution in [1.29, 1.82) is 0 Å². The van der Waals surface area contributed by atoms with E-state index in [1.54, 1.807) is 30.3 Å². The minimum atomic E-state index is -0.527. The number of rotatable bonds is 5. The lowest BCUT2D eigenvalue weighted by atomic mass is 10.2. The van der Waals surface area contributed by atoms with Gasteiger partial charge in [0, 0.05) is 11.8 Å². The first-order valence-corrected chi connectivity index (χ1v) is 8.32. The molecule has 0 radical (unpaired) electrons. The Kier molecular flexibility index (Phi) is 5.55. The summed E-state index contributed by atoms with van der Waals surface area (Å²) in [5.41, 5.74) is 0.643. The quantitative estimate of drug-likeness (QED) is 0.685. The highest BCUT2D eigenvalue weighted by molar-refractivity contribution is 6.40. The molecule has 0 saturated carbocycles. The van der Waals surface area contributed by atoms with Crippen LogP contribution in [-0.4, -0.2) is 16.8 Å². The molecule has 0 fully saturated rings. The van der Waals surface area contributed by atoms with Crippen molar-refractivity contribution in [3.8, 4) is 0 Å². The summed E-state index contributed by atoms with van der Waals surface area (Å²) in [7, 11) is 0. The number of halogens is 2. The van der Waals surface area contributed by atoms with Crippen LogP contribution in [0, 0.1) is 0 Å². The average molecular weight is 390 g/mol. The molecule has 2 amide bonds. The number of para-hydroxylation sites is 1. The number of anilines is 1. The molecule has 3 aromatic rings. The van der Waals surface area contributed by atoms with Gasteiger partial charge in [-0.2, -0.15) is 0 Å². The van der Waals surface area contributed by atoms with Gasteiger partial charge in [-0.1, -0.05) is 29.3 Å². The minimum Gasteiger partial charge on any atom is -0.467 e.